The summed E-state index contributed by atoms with van der Waals surface area (Å²) < 4.78 is 0. The molecular weight excluding hydrogens is 360 g/mol. The fourth-order valence-corrected chi connectivity index (χ4v) is 4.91. The van der Waals surface area contributed by atoms with E-state index in [9.17, 15) is 9.59 Å². The molecule has 0 aliphatic heterocycles. The van der Waals surface area contributed by atoms with Gasteiger partial charge in [-0.05, 0) is 67.4 Å². The van der Waals surface area contributed by atoms with Crippen LogP contribution in [0.2, 0.25) is 0 Å². The van der Waals surface area contributed by atoms with Crippen LogP contribution in [0.15, 0.2) is 53.1 Å². The molecule has 3 aliphatic carbocycles. The van der Waals surface area contributed by atoms with Crippen LogP contribution in [0.3, 0.4) is 0 Å². The van der Waals surface area contributed by atoms with Crippen molar-refractivity contribution in [3.8, 4) is 0 Å². The first-order valence-electron chi connectivity index (χ1n) is 10.8. The third kappa shape index (κ3) is 4.07. The molecule has 0 aromatic heterocycles. The number of carbonyl (C=O) groups excluding carboxylic acids is 2. The maximum absolute atomic E-state index is 12.8. The second-order valence-electron chi connectivity index (χ2n) is 8.47. The van der Waals surface area contributed by atoms with Crippen molar-refractivity contribution in [2.45, 2.75) is 57.8 Å². The van der Waals surface area contributed by atoms with E-state index in [1.54, 1.807) is 6.08 Å². The van der Waals surface area contributed by atoms with E-state index in [1.807, 2.05) is 12.1 Å². The lowest BCUT2D eigenvalue weighted by Crippen LogP contribution is -2.37. The van der Waals surface area contributed by atoms with Crippen molar-refractivity contribution in [2.75, 3.05) is 0 Å². The zero-order chi connectivity index (χ0) is 20.4. The van der Waals surface area contributed by atoms with Crippen LogP contribution >= 0.6 is 0 Å². The van der Waals surface area contributed by atoms with E-state index in [4.69, 9.17) is 5.41 Å². The second-order valence-corrected chi connectivity index (χ2v) is 8.47. The normalized spacial score (nSPS) is 28.4. The van der Waals surface area contributed by atoms with Gasteiger partial charge in [0, 0.05) is 17.7 Å². The van der Waals surface area contributed by atoms with Gasteiger partial charge in [-0.3, -0.25) is 9.59 Å². The molecule has 0 saturated heterocycles. The van der Waals surface area contributed by atoms with Gasteiger partial charge < -0.3 is 5.41 Å². The first-order valence-corrected chi connectivity index (χ1v) is 10.8. The van der Waals surface area contributed by atoms with Crippen molar-refractivity contribution >= 4 is 28.7 Å². The lowest BCUT2D eigenvalue weighted by molar-refractivity contribution is -0.117. The molecule has 4 heteroatoms. The minimum Gasteiger partial charge on any atom is -0.304 e. The van der Waals surface area contributed by atoms with Crippen LogP contribution in [0, 0.1) is 17.2 Å². The predicted molar refractivity (Wildman–Crippen MR) is 116 cm³/mol. The molecule has 1 aromatic carbocycles. The third-order valence-electron chi connectivity index (χ3n) is 6.55. The Kier molecular flexibility index (Phi) is 5.70. The van der Waals surface area contributed by atoms with E-state index < -0.39 is 5.92 Å². The Morgan fingerprint density at radius 3 is 2.45 bits per heavy atom. The minimum absolute atomic E-state index is 0.169. The highest BCUT2D eigenvalue weighted by Crippen LogP contribution is 2.38. The summed E-state index contributed by atoms with van der Waals surface area (Å²) in [5.74, 6) is 0.363. The van der Waals surface area contributed by atoms with Gasteiger partial charge in [-0.25, -0.2) is 4.99 Å². The molecule has 0 bridgehead atoms. The van der Waals surface area contributed by atoms with Gasteiger partial charge in [0.25, 0.3) is 0 Å². The van der Waals surface area contributed by atoms with Crippen LogP contribution < -0.4 is 0 Å². The maximum atomic E-state index is 12.8. The van der Waals surface area contributed by atoms with Gasteiger partial charge in [0.05, 0.1) is 17.3 Å². The van der Waals surface area contributed by atoms with Crippen molar-refractivity contribution in [3.63, 3.8) is 0 Å². The average Bonchev–Trinajstić information content (AvgIpc) is 2.74. The summed E-state index contributed by atoms with van der Waals surface area (Å²) in [5.41, 5.74) is 3.15. The van der Waals surface area contributed by atoms with Crippen molar-refractivity contribution in [2.24, 2.45) is 16.8 Å². The standard InChI is InChI=1S/C25H28N2O2/c1-2-3-16-4-6-17(7-5-16)18-8-10-19(11-9-18)27-22-14-12-20-23(28)15-13-21(26)24(20)25(22)29/h8-13,15-17,24,26H,2-7,14H2,1H3. The molecule has 4 nitrogen and oxygen atoms in total. The number of rotatable bonds is 4. The number of carbonyl (C=O) groups is 2. The summed E-state index contributed by atoms with van der Waals surface area (Å²) in [4.78, 5) is 29.4. The molecule has 1 fully saturated rings. The Labute approximate surface area is 172 Å². The zero-order valence-corrected chi connectivity index (χ0v) is 17.0. The number of fused-ring (bicyclic) bond motifs is 1. The van der Waals surface area contributed by atoms with Gasteiger partial charge in [0.15, 0.2) is 11.6 Å². The van der Waals surface area contributed by atoms with E-state index in [2.05, 4.69) is 24.0 Å². The molecule has 0 heterocycles. The Hall–Kier alpha value is -2.62. The minimum atomic E-state index is -0.780. The van der Waals surface area contributed by atoms with E-state index in [-0.39, 0.29) is 17.3 Å². The molecule has 4 rings (SSSR count). The fourth-order valence-electron chi connectivity index (χ4n) is 4.91. The number of nitrogens with one attached hydrogen (secondary N) is 1. The largest absolute Gasteiger partial charge is 0.304 e. The van der Waals surface area contributed by atoms with Crippen molar-refractivity contribution in [1.82, 2.24) is 0 Å². The highest BCUT2D eigenvalue weighted by atomic mass is 16.1. The predicted octanol–water partition coefficient (Wildman–Crippen LogP) is 5.51. The lowest BCUT2D eigenvalue weighted by Gasteiger charge is -2.28. The topological polar surface area (TPSA) is 70.3 Å². The monoisotopic (exact) mass is 388 g/mol. The van der Waals surface area contributed by atoms with Crippen LogP contribution in [0.25, 0.3) is 0 Å². The van der Waals surface area contributed by atoms with Gasteiger partial charge in [0.1, 0.15) is 0 Å². The number of ketones is 2. The third-order valence-corrected chi connectivity index (χ3v) is 6.55. The highest BCUT2D eigenvalue weighted by molar-refractivity contribution is 6.49. The summed E-state index contributed by atoms with van der Waals surface area (Å²) in [5, 5.41) is 8.03. The van der Waals surface area contributed by atoms with Crippen LogP contribution in [-0.2, 0) is 9.59 Å². The average molecular weight is 389 g/mol. The van der Waals surface area contributed by atoms with Gasteiger partial charge in [-0.15, -0.1) is 0 Å². The molecule has 1 aromatic rings. The van der Waals surface area contributed by atoms with Gasteiger partial charge in [-0.1, -0.05) is 38.0 Å². The molecule has 0 radical (unpaired) electrons. The van der Waals surface area contributed by atoms with Crippen molar-refractivity contribution in [1.29, 1.82) is 5.41 Å². The molecule has 1 atom stereocenters. The van der Waals surface area contributed by atoms with Crippen LogP contribution in [0.1, 0.15) is 63.4 Å². The summed E-state index contributed by atoms with van der Waals surface area (Å²) in [6.45, 7) is 2.27. The zero-order valence-electron chi connectivity index (χ0n) is 17.0. The summed E-state index contributed by atoms with van der Waals surface area (Å²) in [7, 11) is 0. The number of hydrogen-bond donors (Lipinski definition) is 1. The number of allylic oxidation sites excluding steroid dienone is 4. The summed E-state index contributed by atoms with van der Waals surface area (Å²) in [6.07, 6.45) is 12.7. The van der Waals surface area contributed by atoms with Crippen LogP contribution in [0.4, 0.5) is 5.69 Å². The van der Waals surface area contributed by atoms with Crippen LogP contribution in [-0.4, -0.2) is 23.0 Å². The molecule has 29 heavy (non-hydrogen) atoms. The van der Waals surface area contributed by atoms with Gasteiger partial charge in [-0.2, -0.15) is 0 Å². The Balaban J connectivity index is 1.46. The number of nitrogens with zero attached hydrogens (tertiary/aromatic N) is 1. The Bertz CT molecular complexity index is 913. The number of Topliss-reactive ketones (excluding diaryl/α,β-unsaturated/α-hetero) is 1. The summed E-state index contributed by atoms with van der Waals surface area (Å²) in [6, 6.07) is 8.27. The maximum Gasteiger partial charge on any atom is 0.190 e. The summed E-state index contributed by atoms with van der Waals surface area (Å²) >= 11 is 0. The van der Waals surface area contributed by atoms with E-state index in [0.29, 0.717) is 23.6 Å². The Morgan fingerprint density at radius 1 is 1.03 bits per heavy atom. The number of aliphatic imine (C=N–C) groups is 1. The SMILES string of the molecule is CCCC1CCC(c2ccc(N=C3CC=C4C(=O)C=CC(=N)C4C3=O)cc2)CC1. The molecular formula is C25H28N2O2. The van der Waals surface area contributed by atoms with Crippen molar-refractivity contribution < 1.29 is 9.59 Å². The van der Waals surface area contributed by atoms with E-state index in [0.717, 1.165) is 11.6 Å². The fraction of sp³-hybridized carbons (Fsp3) is 0.440. The molecule has 150 valence electrons. The Morgan fingerprint density at radius 2 is 1.76 bits per heavy atom. The molecule has 0 spiro atoms. The second kappa shape index (κ2) is 8.40. The number of benzene rings is 1. The molecule has 0 amide bonds. The first-order chi connectivity index (χ1) is 14.1. The first kappa shape index (κ1) is 19.7. The van der Waals surface area contributed by atoms with Crippen molar-refractivity contribution in [3.05, 3.63) is 53.6 Å². The molecule has 1 N–H and O–H groups in total. The lowest BCUT2D eigenvalue weighted by atomic mass is 9.77. The molecule has 1 unspecified atom stereocenters. The van der Waals surface area contributed by atoms with Gasteiger partial charge >= 0.3 is 0 Å². The highest BCUT2D eigenvalue weighted by Gasteiger charge is 2.37. The molecule has 3 aliphatic rings. The smallest absolute Gasteiger partial charge is 0.190 e. The molecule has 1 saturated carbocycles. The van der Waals surface area contributed by atoms with Crippen LogP contribution in [0.5, 0.6) is 0 Å². The quantitative estimate of drug-likeness (QED) is 0.739. The van der Waals surface area contributed by atoms with E-state index >= 15 is 0 Å². The van der Waals surface area contributed by atoms with E-state index in [1.165, 1.54) is 56.2 Å². The van der Waals surface area contributed by atoms with Gasteiger partial charge in [0.2, 0.25) is 0 Å². The number of hydrogen-bond acceptors (Lipinski definition) is 4.